The maximum atomic E-state index is 12.0. The highest BCUT2D eigenvalue weighted by Gasteiger charge is 2.15. The van der Waals surface area contributed by atoms with Gasteiger partial charge in [-0.3, -0.25) is 0 Å². The molecule has 0 saturated carbocycles. The Bertz CT molecular complexity index is 717. The second kappa shape index (κ2) is 7.53. The number of nitrogens with zero attached hydrogens (tertiary/aromatic N) is 1. The van der Waals surface area contributed by atoms with E-state index in [4.69, 9.17) is 9.47 Å². The van der Waals surface area contributed by atoms with E-state index in [1.54, 1.807) is 11.3 Å². The molecule has 7 heteroatoms. The summed E-state index contributed by atoms with van der Waals surface area (Å²) in [6.07, 6.45) is 0.871. The monoisotopic (exact) mass is 347 g/mol. The van der Waals surface area contributed by atoms with Gasteiger partial charge in [-0.2, -0.15) is 0 Å². The van der Waals surface area contributed by atoms with Gasteiger partial charge in [0.25, 0.3) is 0 Å². The number of aromatic nitrogens is 1. The summed E-state index contributed by atoms with van der Waals surface area (Å²) in [5.74, 6) is 1.49. The van der Waals surface area contributed by atoms with Gasteiger partial charge in [0.05, 0.1) is 36.5 Å². The van der Waals surface area contributed by atoms with Gasteiger partial charge in [-0.05, 0) is 31.5 Å². The van der Waals surface area contributed by atoms with Gasteiger partial charge in [0.1, 0.15) is 0 Å². The van der Waals surface area contributed by atoms with Crippen LogP contribution < -0.4 is 20.1 Å². The molecule has 2 aromatic rings. The second-order valence-corrected chi connectivity index (χ2v) is 6.73. The minimum Gasteiger partial charge on any atom is -0.490 e. The highest BCUT2D eigenvalue weighted by molar-refractivity contribution is 7.09. The van der Waals surface area contributed by atoms with Crippen LogP contribution in [0, 0.1) is 6.92 Å². The first-order valence-corrected chi connectivity index (χ1v) is 8.84. The molecule has 6 nitrogen and oxygen atoms in total. The number of fused-ring (bicyclic) bond motifs is 1. The average molecular weight is 347 g/mol. The Hall–Kier alpha value is -2.28. The van der Waals surface area contributed by atoms with E-state index in [2.05, 4.69) is 15.6 Å². The van der Waals surface area contributed by atoms with E-state index in [1.807, 2.05) is 37.4 Å². The van der Waals surface area contributed by atoms with Crippen molar-refractivity contribution in [1.29, 1.82) is 0 Å². The number of hydrogen-bond donors (Lipinski definition) is 2. The fourth-order valence-corrected chi connectivity index (χ4v) is 3.05. The van der Waals surface area contributed by atoms with Crippen LogP contribution in [0.15, 0.2) is 23.6 Å². The number of ether oxygens (including phenoxy) is 2. The number of aryl methyl sites for hydroxylation is 1. The molecule has 0 unspecified atom stereocenters. The molecule has 2 heterocycles. The molecule has 0 aliphatic carbocycles. The Kier molecular flexibility index (Phi) is 5.20. The zero-order chi connectivity index (χ0) is 16.9. The normalized spacial score (nSPS) is 14.6. The smallest absolute Gasteiger partial charge is 0.315 e. The van der Waals surface area contributed by atoms with Crippen LogP contribution in [0.5, 0.6) is 11.5 Å². The van der Waals surface area contributed by atoms with Crippen molar-refractivity contribution in [2.75, 3.05) is 13.2 Å². The van der Waals surface area contributed by atoms with Crippen molar-refractivity contribution in [3.05, 3.63) is 39.8 Å². The molecule has 1 aliphatic rings. The van der Waals surface area contributed by atoms with Crippen molar-refractivity contribution in [2.24, 2.45) is 0 Å². The third kappa shape index (κ3) is 4.17. The molecular weight excluding hydrogens is 326 g/mol. The Morgan fingerprint density at radius 3 is 2.88 bits per heavy atom. The van der Waals surface area contributed by atoms with Crippen molar-refractivity contribution >= 4 is 17.4 Å². The summed E-state index contributed by atoms with van der Waals surface area (Å²) < 4.78 is 11.3. The predicted octanol–water partition coefficient (Wildman–Crippen LogP) is 3.17. The summed E-state index contributed by atoms with van der Waals surface area (Å²) in [6.45, 7) is 5.61. The number of amides is 2. The summed E-state index contributed by atoms with van der Waals surface area (Å²) in [4.78, 5) is 16.4. The van der Waals surface area contributed by atoms with Crippen molar-refractivity contribution in [3.8, 4) is 11.5 Å². The summed E-state index contributed by atoms with van der Waals surface area (Å²) in [5.41, 5.74) is 1.84. The maximum Gasteiger partial charge on any atom is 0.315 e. The lowest BCUT2D eigenvalue weighted by molar-refractivity contribution is 0.237. The van der Waals surface area contributed by atoms with Crippen LogP contribution in [-0.4, -0.2) is 24.2 Å². The standard InChI is InChI=1S/C17H21N3O3S/c1-11(19-17(21)18-9-14-10-24-12(2)20-14)13-4-5-15-16(8-13)23-7-3-6-22-15/h4-5,8,10-11H,3,6-7,9H2,1-2H3,(H2,18,19,21)/t11-/m1/s1. The van der Waals surface area contributed by atoms with Crippen molar-refractivity contribution in [3.63, 3.8) is 0 Å². The van der Waals surface area contributed by atoms with E-state index in [-0.39, 0.29) is 12.1 Å². The lowest BCUT2D eigenvalue weighted by Gasteiger charge is -2.16. The fraction of sp³-hybridized carbons (Fsp3) is 0.412. The maximum absolute atomic E-state index is 12.0. The number of thiazole rings is 1. The zero-order valence-electron chi connectivity index (χ0n) is 13.8. The van der Waals surface area contributed by atoms with E-state index in [0.29, 0.717) is 19.8 Å². The van der Waals surface area contributed by atoms with Crippen molar-refractivity contribution in [2.45, 2.75) is 32.9 Å². The predicted molar refractivity (Wildman–Crippen MR) is 92.7 cm³/mol. The van der Waals surface area contributed by atoms with Crippen molar-refractivity contribution < 1.29 is 14.3 Å². The Morgan fingerprint density at radius 2 is 2.12 bits per heavy atom. The molecule has 0 bridgehead atoms. The number of nitrogens with one attached hydrogen (secondary N) is 2. The first-order chi connectivity index (χ1) is 11.6. The van der Waals surface area contributed by atoms with Crippen LogP contribution in [-0.2, 0) is 6.54 Å². The van der Waals surface area contributed by atoms with E-state index in [9.17, 15) is 4.79 Å². The van der Waals surface area contributed by atoms with E-state index in [0.717, 1.165) is 34.2 Å². The molecule has 1 aliphatic heterocycles. The molecule has 24 heavy (non-hydrogen) atoms. The summed E-state index contributed by atoms with van der Waals surface area (Å²) in [6, 6.07) is 5.40. The van der Waals surface area contributed by atoms with Gasteiger partial charge in [0, 0.05) is 11.8 Å². The molecule has 1 aromatic heterocycles. The first-order valence-electron chi connectivity index (χ1n) is 7.97. The zero-order valence-corrected chi connectivity index (χ0v) is 14.6. The molecule has 1 aromatic carbocycles. The van der Waals surface area contributed by atoms with Gasteiger partial charge in [-0.25, -0.2) is 9.78 Å². The number of benzene rings is 1. The average Bonchev–Trinajstić information content (AvgIpc) is 2.84. The van der Waals surface area contributed by atoms with Gasteiger partial charge in [0.15, 0.2) is 11.5 Å². The van der Waals surface area contributed by atoms with Crippen LogP contribution >= 0.6 is 11.3 Å². The van der Waals surface area contributed by atoms with Crippen LogP contribution in [0.1, 0.15) is 35.7 Å². The minimum absolute atomic E-state index is 0.140. The van der Waals surface area contributed by atoms with Gasteiger partial charge < -0.3 is 20.1 Å². The van der Waals surface area contributed by atoms with E-state index >= 15 is 0 Å². The Morgan fingerprint density at radius 1 is 1.33 bits per heavy atom. The molecule has 1 atom stereocenters. The van der Waals surface area contributed by atoms with E-state index in [1.165, 1.54) is 0 Å². The highest BCUT2D eigenvalue weighted by Crippen LogP contribution is 2.32. The SMILES string of the molecule is Cc1nc(CNC(=O)N[C@H](C)c2ccc3c(c2)OCCCO3)cs1. The van der Waals surface area contributed by atoms with Crippen LogP contribution in [0.4, 0.5) is 4.79 Å². The number of rotatable bonds is 4. The molecule has 2 N–H and O–H groups in total. The second-order valence-electron chi connectivity index (χ2n) is 5.66. The lowest BCUT2D eigenvalue weighted by atomic mass is 10.1. The summed E-state index contributed by atoms with van der Waals surface area (Å²) >= 11 is 1.57. The molecule has 0 fully saturated rings. The highest BCUT2D eigenvalue weighted by atomic mass is 32.1. The lowest BCUT2D eigenvalue weighted by Crippen LogP contribution is -2.36. The quantitative estimate of drug-likeness (QED) is 0.891. The molecule has 128 valence electrons. The molecule has 2 amide bonds. The minimum atomic E-state index is -0.222. The number of urea groups is 1. The molecule has 0 radical (unpaired) electrons. The first kappa shape index (κ1) is 16.6. The topological polar surface area (TPSA) is 72.5 Å². The van der Waals surface area contributed by atoms with Crippen LogP contribution in [0.3, 0.4) is 0 Å². The largest absolute Gasteiger partial charge is 0.490 e. The Balaban J connectivity index is 1.56. The fourth-order valence-electron chi connectivity index (χ4n) is 2.44. The molecular formula is C17H21N3O3S. The van der Waals surface area contributed by atoms with Gasteiger partial charge in [-0.15, -0.1) is 11.3 Å². The third-order valence-electron chi connectivity index (χ3n) is 3.72. The van der Waals surface area contributed by atoms with Crippen molar-refractivity contribution in [1.82, 2.24) is 15.6 Å². The number of carbonyl (C=O) groups excluding carboxylic acids is 1. The third-order valence-corrected chi connectivity index (χ3v) is 4.54. The van der Waals surface area contributed by atoms with Gasteiger partial charge in [-0.1, -0.05) is 6.07 Å². The van der Waals surface area contributed by atoms with E-state index < -0.39 is 0 Å². The summed E-state index contributed by atoms with van der Waals surface area (Å²) in [7, 11) is 0. The van der Waals surface area contributed by atoms with Crippen LogP contribution in [0.25, 0.3) is 0 Å². The number of hydrogen-bond acceptors (Lipinski definition) is 5. The number of carbonyl (C=O) groups is 1. The van der Waals surface area contributed by atoms with Crippen LogP contribution in [0.2, 0.25) is 0 Å². The molecule has 0 spiro atoms. The van der Waals surface area contributed by atoms with Gasteiger partial charge >= 0.3 is 6.03 Å². The molecule has 0 saturated heterocycles. The van der Waals surface area contributed by atoms with Gasteiger partial charge in [0.2, 0.25) is 0 Å². The summed E-state index contributed by atoms with van der Waals surface area (Å²) in [5, 5.41) is 8.69. The Labute approximate surface area is 145 Å². The molecule has 3 rings (SSSR count).